The molecule has 4 N–H and O–H groups in total. The number of amides is 1. The smallest absolute Gasteiger partial charge is 0.311 e. The molecule has 3 unspecified atom stereocenters. The fourth-order valence-electron chi connectivity index (χ4n) is 2.60. The molecule has 0 bridgehead atoms. The van der Waals surface area contributed by atoms with Gasteiger partial charge < -0.3 is 16.2 Å². The Labute approximate surface area is 114 Å². The van der Waals surface area contributed by atoms with Gasteiger partial charge in [0.25, 0.3) is 0 Å². The van der Waals surface area contributed by atoms with Gasteiger partial charge in [-0.25, -0.2) is 0 Å². The highest BCUT2D eigenvalue weighted by atomic mass is 16.4. The lowest BCUT2D eigenvalue weighted by Crippen LogP contribution is -2.56. The van der Waals surface area contributed by atoms with Crippen molar-refractivity contribution < 1.29 is 14.7 Å². The molecule has 110 valence electrons. The van der Waals surface area contributed by atoms with Crippen LogP contribution < -0.4 is 11.1 Å². The first kappa shape index (κ1) is 16.0. The van der Waals surface area contributed by atoms with E-state index in [0.29, 0.717) is 12.8 Å². The zero-order chi connectivity index (χ0) is 14.6. The number of hydrogen-bond donors (Lipinski definition) is 3. The van der Waals surface area contributed by atoms with Crippen LogP contribution in [0.5, 0.6) is 0 Å². The van der Waals surface area contributed by atoms with Crippen molar-refractivity contribution in [3.63, 3.8) is 0 Å². The molecular formula is C14H26N2O3. The van der Waals surface area contributed by atoms with Gasteiger partial charge in [0.05, 0.1) is 11.5 Å². The number of carboxylic acids is 1. The Kier molecular flexibility index (Phi) is 5.35. The summed E-state index contributed by atoms with van der Waals surface area (Å²) in [4.78, 5) is 23.5. The van der Waals surface area contributed by atoms with Crippen LogP contribution in [0, 0.1) is 11.3 Å². The molecule has 0 radical (unpaired) electrons. The quantitative estimate of drug-likeness (QED) is 0.706. The largest absolute Gasteiger partial charge is 0.481 e. The summed E-state index contributed by atoms with van der Waals surface area (Å²) in [5.41, 5.74) is 5.02. The molecule has 0 saturated heterocycles. The van der Waals surface area contributed by atoms with E-state index in [1.807, 2.05) is 13.8 Å². The van der Waals surface area contributed by atoms with E-state index in [9.17, 15) is 14.7 Å². The number of carboxylic acid groups (broad SMARTS) is 1. The Morgan fingerprint density at radius 3 is 2.63 bits per heavy atom. The second kappa shape index (κ2) is 6.37. The van der Waals surface area contributed by atoms with E-state index in [4.69, 9.17) is 5.73 Å². The molecule has 0 aromatic carbocycles. The van der Waals surface area contributed by atoms with Crippen molar-refractivity contribution in [3.05, 3.63) is 0 Å². The van der Waals surface area contributed by atoms with E-state index in [-0.39, 0.29) is 17.9 Å². The van der Waals surface area contributed by atoms with E-state index in [1.165, 1.54) is 0 Å². The van der Waals surface area contributed by atoms with Gasteiger partial charge in [0.2, 0.25) is 5.91 Å². The molecule has 1 saturated carbocycles. The van der Waals surface area contributed by atoms with Crippen LogP contribution in [0.25, 0.3) is 0 Å². The van der Waals surface area contributed by atoms with Crippen molar-refractivity contribution in [2.75, 3.05) is 0 Å². The first-order chi connectivity index (χ1) is 8.82. The van der Waals surface area contributed by atoms with Crippen LogP contribution in [-0.2, 0) is 9.59 Å². The van der Waals surface area contributed by atoms with E-state index >= 15 is 0 Å². The van der Waals surface area contributed by atoms with Crippen LogP contribution >= 0.6 is 0 Å². The molecule has 0 aliphatic heterocycles. The van der Waals surface area contributed by atoms with Crippen molar-refractivity contribution in [1.82, 2.24) is 5.32 Å². The predicted molar refractivity (Wildman–Crippen MR) is 73.6 cm³/mol. The third kappa shape index (κ3) is 3.47. The summed E-state index contributed by atoms with van der Waals surface area (Å²) in [7, 11) is 0. The van der Waals surface area contributed by atoms with E-state index in [1.54, 1.807) is 6.92 Å². The lowest BCUT2D eigenvalue weighted by Gasteiger charge is -2.39. The van der Waals surface area contributed by atoms with Gasteiger partial charge in [0.15, 0.2) is 0 Å². The maximum Gasteiger partial charge on any atom is 0.311 e. The fraction of sp³-hybridized carbons (Fsp3) is 0.857. The number of hydrogen-bond acceptors (Lipinski definition) is 3. The highest BCUT2D eigenvalue weighted by Crippen LogP contribution is 2.36. The topological polar surface area (TPSA) is 92.4 Å². The highest BCUT2D eigenvalue weighted by Gasteiger charge is 2.44. The maximum absolute atomic E-state index is 12.1. The van der Waals surface area contributed by atoms with Crippen LogP contribution in [0.2, 0.25) is 0 Å². The molecule has 1 rings (SSSR count). The summed E-state index contributed by atoms with van der Waals surface area (Å²) < 4.78 is 0. The average molecular weight is 270 g/mol. The molecule has 1 aliphatic carbocycles. The van der Waals surface area contributed by atoms with Gasteiger partial charge >= 0.3 is 5.97 Å². The van der Waals surface area contributed by atoms with Gasteiger partial charge in [-0.2, -0.15) is 0 Å². The second-order valence-electron chi connectivity index (χ2n) is 5.94. The Bertz CT molecular complexity index is 346. The van der Waals surface area contributed by atoms with E-state index in [2.05, 4.69) is 5.32 Å². The Balaban J connectivity index is 2.73. The maximum atomic E-state index is 12.1. The number of rotatable bonds is 5. The Morgan fingerprint density at radius 2 is 2.11 bits per heavy atom. The SMILES string of the molecule is CCC(C)[C@H](N)C(=O)NC1CCCCC1(C)C(=O)O. The van der Waals surface area contributed by atoms with Gasteiger partial charge in [0.1, 0.15) is 0 Å². The molecule has 5 nitrogen and oxygen atoms in total. The Hall–Kier alpha value is -1.10. The average Bonchev–Trinajstić information content (AvgIpc) is 2.39. The van der Waals surface area contributed by atoms with Crippen LogP contribution in [0.15, 0.2) is 0 Å². The van der Waals surface area contributed by atoms with Crippen LogP contribution in [0.1, 0.15) is 52.9 Å². The van der Waals surface area contributed by atoms with Gasteiger partial charge in [-0.3, -0.25) is 9.59 Å². The normalized spacial score (nSPS) is 30.4. The molecule has 0 spiro atoms. The van der Waals surface area contributed by atoms with Gasteiger partial charge in [-0.15, -0.1) is 0 Å². The lowest BCUT2D eigenvalue weighted by molar-refractivity contribution is -0.152. The zero-order valence-corrected chi connectivity index (χ0v) is 12.1. The van der Waals surface area contributed by atoms with E-state index in [0.717, 1.165) is 19.3 Å². The molecule has 4 atom stereocenters. The Morgan fingerprint density at radius 1 is 1.47 bits per heavy atom. The third-order valence-corrected chi connectivity index (χ3v) is 4.57. The second-order valence-corrected chi connectivity index (χ2v) is 5.94. The monoisotopic (exact) mass is 270 g/mol. The fourth-order valence-corrected chi connectivity index (χ4v) is 2.60. The summed E-state index contributed by atoms with van der Waals surface area (Å²) in [6.07, 6.45) is 3.99. The summed E-state index contributed by atoms with van der Waals surface area (Å²) >= 11 is 0. The van der Waals surface area contributed by atoms with Crippen molar-refractivity contribution >= 4 is 11.9 Å². The van der Waals surface area contributed by atoms with Crippen LogP contribution in [-0.4, -0.2) is 29.1 Å². The van der Waals surface area contributed by atoms with Crippen molar-refractivity contribution in [2.45, 2.75) is 65.0 Å². The molecule has 1 aliphatic rings. The number of aliphatic carboxylic acids is 1. The van der Waals surface area contributed by atoms with E-state index < -0.39 is 17.4 Å². The van der Waals surface area contributed by atoms with Crippen LogP contribution in [0.4, 0.5) is 0 Å². The third-order valence-electron chi connectivity index (χ3n) is 4.57. The molecular weight excluding hydrogens is 244 g/mol. The minimum Gasteiger partial charge on any atom is -0.481 e. The van der Waals surface area contributed by atoms with Gasteiger partial charge in [0, 0.05) is 6.04 Å². The predicted octanol–water partition coefficient (Wildman–Crippen LogP) is 1.51. The molecule has 0 aromatic rings. The van der Waals surface area contributed by atoms with Crippen molar-refractivity contribution in [3.8, 4) is 0 Å². The van der Waals surface area contributed by atoms with Crippen molar-refractivity contribution in [2.24, 2.45) is 17.1 Å². The zero-order valence-electron chi connectivity index (χ0n) is 12.1. The number of nitrogens with one attached hydrogen (secondary N) is 1. The highest BCUT2D eigenvalue weighted by molar-refractivity contribution is 5.83. The summed E-state index contributed by atoms with van der Waals surface area (Å²) in [6.45, 7) is 5.63. The van der Waals surface area contributed by atoms with Gasteiger partial charge in [-0.1, -0.05) is 33.1 Å². The molecule has 1 amide bonds. The summed E-state index contributed by atoms with van der Waals surface area (Å²) in [5.74, 6) is -0.969. The number of nitrogens with two attached hydrogens (primary N) is 1. The standard InChI is InChI=1S/C14H26N2O3/c1-4-9(2)11(15)12(17)16-10-7-5-6-8-14(10,3)13(18)19/h9-11H,4-8,15H2,1-3H3,(H,16,17)(H,18,19)/t9?,10?,11-,14?/m0/s1. The summed E-state index contributed by atoms with van der Waals surface area (Å²) in [5, 5.41) is 12.3. The molecule has 19 heavy (non-hydrogen) atoms. The van der Waals surface area contributed by atoms with Crippen LogP contribution in [0.3, 0.4) is 0 Å². The summed E-state index contributed by atoms with van der Waals surface area (Å²) in [6, 6.07) is -0.883. The first-order valence-corrected chi connectivity index (χ1v) is 7.12. The first-order valence-electron chi connectivity index (χ1n) is 7.12. The minimum absolute atomic E-state index is 0.0969. The molecule has 0 aromatic heterocycles. The van der Waals surface area contributed by atoms with Crippen molar-refractivity contribution in [1.29, 1.82) is 0 Å². The lowest BCUT2D eigenvalue weighted by atomic mass is 9.71. The molecule has 5 heteroatoms. The molecule has 0 heterocycles. The molecule has 1 fully saturated rings. The van der Waals surface area contributed by atoms with Gasteiger partial charge in [-0.05, 0) is 25.7 Å². The number of carbonyl (C=O) groups is 2. The minimum atomic E-state index is -0.872. The number of carbonyl (C=O) groups excluding carboxylic acids is 1.